The van der Waals surface area contributed by atoms with E-state index in [1.165, 1.54) is 29.5 Å². The molecule has 31 heavy (non-hydrogen) atoms. The van der Waals surface area contributed by atoms with Crippen molar-refractivity contribution >= 4 is 58.0 Å². The minimum Gasteiger partial charge on any atom is -0.291 e. The van der Waals surface area contributed by atoms with Crippen molar-refractivity contribution in [1.29, 1.82) is 0 Å². The first kappa shape index (κ1) is 21.7. The first-order valence-electron chi connectivity index (χ1n) is 9.65. The van der Waals surface area contributed by atoms with Gasteiger partial charge in [0.2, 0.25) is 0 Å². The van der Waals surface area contributed by atoms with Crippen LogP contribution < -0.4 is 0 Å². The van der Waals surface area contributed by atoms with Crippen molar-refractivity contribution in [3.63, 3.8) is 0 Å². The van der Waals surface area contributed by atoms with Gasteiger partial charge in [0.05, 0.1) is 27.3 Å². The van der Waals surface area contributed by atoms with Gasteiger partial charge < -0.3 is 0 Å². The van der Waals surface area contributed by atoms with E-state index in [1.54, 1.807) is 17.5 Å². The van der Waals surface area contributed by atoms with E-state index < -0.39 is 36.1 Å². The smallest absolute Gasteiger partial charge is 0.274 e. The van der Waals surface area contributed by atoms with E-state index in [0.717, 1.165) is 15.6 Å². The van der Waals surface area contributed by atoms with Crippen LogP contribution in [0.4, 0.5) is 0 Å². The molecule has 0 spiro atoms. The Labute approximate surface area is 193 Å². The Morgan fingerprint density at radius 3 is 2.58 bits per heavy atom. The number of allylic oxidation sites excluding steroid dienone is 2. The number of hydrogen-bond donors (Lipinski definition) is 0. The molecule has 1 aliphatic carbocycles. The first-order chi connectivity index (χ1) is 14.8. The van der Waals surface area contributed by atoms with Crippen LogP contribution >= 0.6 is 34.5 Å². The summed E-state index contributed by atoms with van der Waals surface area (Å²) in [6, 6.07) is 7.65. The van der Waals surface area contributed by atoms with Gasteiger partial charge in [-0.1, -0.05) is 40.9 Å². The number of halogens is 2. The third-order valence-electron chi connectivity index (χ3n) is 5.53. The van der Waals surface area contributed by atoms with Crippen LogP contribution in [0.1, 0.15) is 39.8 Å². The molecule has 0 bridgehead atoms. The lowest BCUT2D eigenvalue weighted by Gasteiger charge is -2.30. The van der Waals surface area contributed by atoms with Crippen molar-refractivity contribution in [2.45, 2.75) is 19.8 Å². The Hall–Kier alpha value is -2.48. The van der Waals surface area contributed by atoms with E-state index >= 15 is 0 Å². The number of ketones is 1. The number of Topliss-reactive ketones (excluding diaryl/α,β-unsaturated/α-hetero) is 1. The Kier molecular flexibility index (Phi) is 6.01. The molecule has 6 nitrogen and oxygen atoms in total. The highest BCUT2D eigenvalue weighted by Crippen LogP contribution is 2.39. The summed E-state index contributed by atoms with van der Waals surface area (Å²) in [7, 11) is 0. The fourth-order valence-electron chi connectivity index (χ4n) is 3.94. The monoisotopic (exact) mass is 476 g/mol. The number of benzene rings is 1. The van der Waals surface area contributed by atoms with Crippen LogP contribution in [0.2, 0.25) is 10.0 Å². The van der Waals surface area contributed by atoms with Crippen LogP contribution in [0.25, 0.3) is 0 Å². The third-order valence-corrected chi connectivity index (χ3v) is 6.99. The number of carbonyl (C=O) groups is 4. The van der Waals surface area contributed by atoms with Crippen molar-refractivity contribution in [3.8, 4) is 0 Å². The molecule has 3 amide bonds. The molecule has 1 aromatic heterocycles. The maximum absolute atomic E-state index is 13.4. The van der Waals surface area contributed by atoms with Gasteiger partial charge in [0.15, 0.2) is 5.78 Å². The van der Waals surface area contributed by atoms with Crippen molar-refractivity contribution in [1.82, 2.24) is 10.0 Å². The van der Waals surface area contributed by atoms with Crippen LogP contribution in [0.3, 0.4) is 0 Å². The summed E-state index contributed by atoms with van der Waals surface area (Å²) in [5, 5.41) is 3.92. The van der Waals surface area contributed by atoms with Gasteiger partial charge in [-0.15, -0.1) is 11.3 Å². The molecule has 160 valence electrons. The third kappa shape index (κ3) is 4.05. The maximum atomic E-state index is 13.4. The Balaban J connectivity index is 1.72. The number of amides is 3. The predicted octanol–water partition coefficient (Wildman–Crippen LogP) is 4.64. The molecule has 0 N–H and O–H groups in total. The lowest BCUT2D eigenvalue weighted by Crippen LogP contribution is -2.52. The molecular weight excluding hydrogens is 459 g/mol. The summed E-state index contributed by atoms with van der Waals surface area (Å²) in [6.45, 7) is 1.45. The van der Waals surface area contributed by atoms with E-state index in [-0.39, 0.29) is 16.4 Å². The number of nitrogens with zero attached hydrogens (tertiary/aromatic N) is 2. The molecule has 1 aliphatic heterocycles. The molecule has 0 saturated carbocycles. The summed E-state index contributed by atoms with van der Waals surface area (Å²) >= 11 is 13.4. The molecule has 2 atom stereocenters. The van der Waals surface area contributed by atoms with E-state index in [1.807, 2.05) is 13.0 Å². The lowest BCUT2D eigenvalue weighted by atomic mass is 9.82. The molecular formula is C22H18Cl2N2O4S. The number of imide groups is 1. The number of hydrazine groups is 1. The largest absolute Gasteiger partial charge is 0.291 e. The zero-order valence-corrected chi connectivity index (χ0v) is 18.8. The van der Waals surface area contributed by atoms with Crippen LogP contribution in [0.15, 0.2) is 47.4 Å². The minimum absolute atomic E-state index is 0.0508. The van der Waals surface area contributed by atoms with Gasteiger partial charge in [0.1, 0.15) is 6.54 Å². The van der Waals surface area contributed by atoms with Gasteiger partial charge >= 0.3 is 0 Å². The average Bonchev–Trinajstić information content (AvgIpc) is 3.34. The maximum Gasteiger partial charge on any atom is 0.274 e. The lowest BCUT2D eigenvalue weighted by molar-refractivity contribution is -0.154. The number of hydrogen-bond acceptors (Lipinski definition) is 5. The second kappa shape index (κ2) is 8.57. The van der Waals surface area contributed by atoms with E-state index in [2.05, 4.69) is 0 Å². The average molecular weight is 477 g/mol. The van der Waals surface area contributed by atoms with Crippen LogP contribution in [0, 0.1) is 11.8 Å². The molecule has 1 fully saturated rings. The molecule has 9 heteroatoms. The molecule has 1 saturated heterocycles. The van der Waals surface area contributed by atoms with E-state index in [4.69, 9.17) is 23.2 Å². The normalized spacial score (nSPS) is 20.5. The van der Waals surface area contributed by atoms with Crippen molar-refractivity contribution in [2.75, 3.05) is 6.54 Å². The molecule has 4 rings (SSSR count). The minimum atomic E-state index is -0.711. The van der Waals surface area contributed by atoms with E-state index in [9.17, 15) is 19.2 Å². The van der Waals surface area contributed by atoms with Gasteiger partial charge in [0.25, 0.3) is 17.7 Å². The fourth-order valence-corrected chi connectivity index (χ4v) is 5.09. The molecule has 0 radical (unpaired) electrons. The second-order valence-electron chi connectivity index (χ2n) is 7.58. The first-order valence-corrected chi connectivity index (χ1v) is 11.3. The van der Waals surface area contributed by atoms with Crippen LogP contribution in [0.5, 0.6) is 0 Å². The molecule has 1 aromatic carbocycles. The fraction of sp³-hybridized carbons (Fsp3) is 0.273. The SMILES string of the molecule is CC1=CC[C@H]2C(=O)N(N(CC(=O)c3cccs3)C(=O)c3ccc(Cl)cc3Cl)C(=O)[C@H]2C1. The predicted molar refractivity (Wildman–Crippen MR) is 118 cm³/mol. The van der Waals surface area contributed by atoms with Crippen LogP contribution in [-0.2, 0) is 9.59 Å². The standard InChI is InChI=1S/C22H18Cl2N2O4S/c1-12-4-6-14-16(9-12)22(30)26(21(14)29)25(11-18(27)19-3-2-8-31-19)20(28)15-7-5-13(23)10-17(15)24/h2-5,7-8,10,14,16H,6,9,11H2,1H3/t14-,16+/m1/s1. The van der Waals surface area contributed by atoms with Crippen molar-refractivity contribution in [2.24, 2.45) is 11.8 Å². The zero-order valence-electron chi connectivity index (χ0n) is 16.5. The van der Waals surface area contributed by atoms with Gasteiger partial charge in [-0.3, -0.25) is 19.2 Å². The van der Waals surface area contributed by atoms with Gasteiger partial charge in [-0.05, 0) is 49.4 Å². The second-order valence-corrected chi connectivity index (χ2v) is 9.37. The van der Waals surface area contributed by atoms with Gasteiger partial charge in [-0.25, -0.2) is 5.01 Å². The molecule has 2 heterocycles. The Morgan fingerprint density at radius 1 is 1.16 bits per heavy atom. The number of thiophene rings is 1. The van der Waals surface area contributed by atoms with Gasteiger partial charge in [0, 0.05) is 5.02 Å². The Morgan fingerprint density at radius 2 is 1.90 bits per heavy atom. The topological polar surface area (TPSA) is 74.8 Å². The Bertz CT molecular complexity index is 1110. The summed E-state index contributed by atoms with van der Waals surface area (Å²) in [5.41, 5.74) is 1.08. The highest BCUT2D eigenvalue weighted by molar-refractivity contribution is 7.12. The van der Waals surface area contributed by atoms with Crippen molar-refractivity contribution < 1.29 is 19.2 Å². The zero-order chi connectivity index (χ0) is 22.3. The molecule has 2 aromatic rings. The highest BCUT2D eigenvalue weighted by Gasteiger charge is 2.51. The van der Waals surface area contributed by atoms with Crippen molar-refractivity contribution in [3.05, 3.63) is 67.8 Å². The van der Waals surface area contributed by atoms with E-state index in [0.29, 0.717) is 22.7 Å². The van der Waals surface area contributed by atoms with Gasteiger partial charge in [-0.2, -0.15) is 5.01 Å². The quantitative estimate of drug-likeness (QED) is 0.358. The summed E-state index contributed by atoms with van der Waals surface area (Å²) < 4.78 is 0. The molecule has 0 unspecified atom stereocenters. The summed E-state index contributed by atoms with van der Waals surface area (Å²) in [6.07, 6.45) is 2.82. The summed E-state index contributed by atoms with van der Waals surface area (Å²) in [4.78, 5) is 53.0. The number of fused-ring (bicyclic) bond motifs is 1. The molecule has 2 aliphatic rings. The highest BCUT2D eigenvalue weighted by atomic mass is 35.5. The number of carbonyl (C=O) groups excluding carboxylic acids is 4. The van der Waals surface area contributed by atoms with Crippen LogP contribution in [-0.4, -0.2) is 40.1 Å². The number of rotatable bonds is 5. The summed E-state index contributed by atoms with van der Waals surface area (Å²) in [5.74, 6) is -3.11.